The smallest absolute Gasteiger partial charge is 0.119 e. The van der Waals surface area contributed by atoms with E-state index in [-0.39, 0.29) is 6.17 Å². The zero-order valence-electron chi connectivity index (χ0n) is 16.8. The van der Waals surface area contributed by atoms with Crippen LogP contribution in [-0.4, -0.2) is 11.1 Å². The van der Waals surface area contributed by atoms with Crippen LogP contribution in [0.2, 0.25) is 5.02 Å². The van der Waals surface area contributed by atoms with Crippen LogP contribution in [0.3, 0.4) is 0 Å². The molecule has 0 spiro atoms. The zero-order valence-corrected chi connectivity index (χ0v) is 18.7. The van der Waals surface area contributed by atoms with Crippen molar-refractivity contribution >= 4 is 26.1 Å². The van der Waals surface area contributed by atoms with Crippen LogP contribution in [0.15, 0.2) is 90.8 Å². The lowest BCUT2D eigenvalue weighted by Crippen LogP contribution is -2.51. The van der Waals surface area contributed by atoms with Gasteiger partial charge in [0.25, 0.3) is 0 Å². The predicted octanol–water partition coefficient (Wildman–Crippen LogP) is 5.63. The van der Waals surface area contributed by atoms with Crippen molar-refractivity contribution in [3.8, 4) is 0 Å². The Morgan fingerprint density at radius 2 is 1.55 bits per heavy atom. The Hall–Kier alpha value is -2.28. The van der Waals surface area contributed by atoms with E-state index in [0.29, 0.717) is 0 Å². The largest absolute Gasteiger partial charge is 0.368 e. The highest BCUT2D eigenvalue weighted by Gasteiger charge is 2.46. The summed E-state index contributed by atoms with van der Waals surface area (Å²) in [4.78, 5) is 2.44. The molecule has 3 unspecified atom stereocenters. The minimum atomic E-state index is -0.552. The van der Waals surface area contributed by atoms with Crippen molar-refractivity contribution in [3.63, 3.8) is 0 Å². The van der Waals surface area contributed by atoms with Gasteiger partial charge in [0.2, 0.25) is 0 Å². The fourth-order valence-electron chi connectivity index (χ4n) is 4.37. The summed E-state index contributed by atoms with van der Waals surface area (Å²) in [7, 11) is 2.78. The van der Waals surface area contributed by atoms with Gasteiger partial charge in [-0.1, -0.05) is 91.3 Å². The Morgan fingerprint density at radius 1 is 0.931 bits per heavy atom. The molecule has 3 aromatic rings. The fourth-order valence-corrected chi connectivity index (χ4v) is 4.84. The lowest BCUT2D eigenvalue weighted by Gasteiger charge is -2.47. The van der Waals surface area contributed by atoms with Crippen molar-refractivity contribution in [3.05, 3.63) is 112 Å². The second kappa shape index (κ2) is 8.22. The summed E-state index contributed by atoms with van der Waals surface area (Å²) < 4.78 is 0. The van der Waals surface area contributed by atoms with E-state index >= 15 is 0 Å². The van der Waals surface area contributed by atoms with Gasteiger partial charge in [-0.15, -0.1) is 9.24 Å². The molecule has 1 aliphatic heterocycles. The number of hydrogen-bond acceptors (Lipinski definition) is 2. The van der Waals surface area contributed by atoms with Crippen LogP contribution in [0.5, 0.6) is 0 Å². The van der Waals surface area contributed by atoms with E-state index in [9.17, 15) is 0 Å². The average molecular weight is 421 g/mol. The first-order valence-corrected chi connectivity index (χ1v) is 10.9. The third-order valence-electron chi connectivity index (χ3n) is 5.62. The van der Waals surface area contributed by atoms with E-state index in [1.54, 1.807) is 0 Å². The van der Waals surface area contributed by atoms with Gasteiger partial charge in [-0.25, -0.2) is 0 Å². The molecule has 0 aliphatic carbocycles. The van der Waals surface area contributed by atoms with Crippen LogP contribution in [0.4, 0.5) is 0 Å². The molecule has 1 heterocycles. The van der Waals surface area contributed by atoms with E-state index in [0.717, 1.165) is 28.0 Å². The summed E-state index contributed by atoms with van der Waals surface area (Å²) in [5.41, 5.74) is 4.07. The van der Waals surface area contributed by atoms with Gasteiger partial charge in [0.15, 0.2) is 0 Å². The third kappa shape index (κ3) is 3.45. The first kappa shape index (κ1) is 20.0. The van der Waals surface area contributed by atoms with E-state index in [1.165, 1.54) is 11.1 Å². The molecule has 29 heavy (non-hydrogen) atoms. The summed E-state index contributed by atoms with van der Waals surface area (Å²) in [5.74, 6) is 0. The molecule has 4 heteroatoms. The Bertz CT molecular complexity index is 1020. The van der Waals surface area contributed by atoms with Crippen molar-refractivity contribution in [1.29, 1.82) is 0 Å². The molecule has 1 aliphatic rings. The number of rotatable bonds is 5. The lowest BCUT2D eigenvalue weighted by atomic mass is 9.75. The summed E-state index contributed by atoms with van der Waals surface area (Å²) in [6, 6.07) is 27.6. The van der Waals surface area contributed by atoms with Crippen molar-refractivity contribution in [2.45, 2.75) is 32.0 Å². The molecule has 1 N–H and O–H groups in total. The van der Waals surface area contributed by atoms with Gasteiger partial charge in [-0.3, -0.25) is 0 Å². The van der Waals surface area contributed by atoms with Gasteiger partial charge in [-0.2, -0.15) is 0 Å². The van der Waals surface area contributed by atoms with E-state index in [1.807, 2.05) is 12.1 Å². The molecule has 0 fully saturated rings. The van der Waals surface area contributed by atoms with Crippen molar-refractivity contribution in [1.82, 2.24) is 10.2 Å². The van der Waals surface area contributed by atoms with Crippen LogP contribution in [-0.2, 0) is 5.54 Å². The van der Waals surface area contributed by atoms with Gasteiger partial charge in [0.05, 0.1) is 6.17 Å². The van der Waals surface area contributed by atoms with Gasteiger partial charge in [0, 0.05) is 22.5 Å². The van der Waals surface area contributed by atoms with Crippen molar-refractivity contribution in [2.75, 3.05) is 0 Å². The highest BCUT2D eigenvalue weighted by molar-refractivity contribution is 7.27. The van der Waals surface area contributed by atoms with Crippen LogP contribution >= 0.6 is 20.8 Å². The quantitative estimate of drug-likeness (QED) is 0.424. The average Bonchev–Trinajstić information content (AvgIpc) is 3.13. The molecule has 0 amide bonds. The van der Waals surface area contributed by atoms with E-state index in [4.69, 9.17) is 11.6 Å². The second-order valence-electron chi connectivity index (χ2n) is 7.47. The number of nitrogens with one attached hydrogen (secondary N) is 1. The Kier molecular flexibility index (Phi) is 5.67. The molecular formula is C25H26ClN2P. The van der Waals surface area contributed by atoms with Crippen molar-refractivity contribution in [2.24, 2.45) is 0 Å². The molecule has 2 nitrogen and oxygen atoms in total. The topological polar surface area (TPSA) is 15.3 Å². The summed E-state index contributed by atoms with van der Waals surface area (Å²) in [6.45, 7) is 4.34. The van der Waals surface area contributed by atoms with Gasteiger partial charge >= 0.3 is 0 Å². The first-order valence-electron chi connectivity index (χ1n) is 9.97. The highest BCUT2D eigenvalue weighted by atomic mass is 35.5. The maximum atomic E-state index is 6.87. The summed E-state index contributed by atoms with van der Waals surface area (Å²) in [5, 5.41) is 5.56. The van der Waals surface area contributed by atoms with E-state index < -0.39 is 5.54 Å². The maximum Gasteiger partial charge on any atom is 0.119 e. The molecule has 0 bridgehead atoms. The number of benzene rings is 3. The molecule has 0 saturated carbocycles. The van der Waals surface area contributed by atoms with Gasteiger partial charge in [0.1, 0.15) is 5.54 Å². The maximum absolute atomic E-state index is 6.87. The molecule has 3 atom stereocenters. The monoisotopic (exact) mass is 420 g/mol. The van der Waals surface area contributed by atoms with Crippen LogP contribution in [0, 0.1) is 0 Å². The zero-order chi connectivity index (χ0) is 20.4. The minimum Gasteiger partial charge on any atom is -0.368 e. The molecule has 0 saturated heterocycles. The highest BCUT2D eigenvalue weighted by Crippen LogP contribution is 2.47. The van der Waals surface area contributed by atoms with Crippen molar-refractivity contribution < 1.29 is 0 Å². The molecule has 3 aromatic carbocycles. The fraction of sp³-hybridized carbons (Fsp3) is 0.200. The second-order valence-corrected chi connectivity index (χ2v) is 8.54. The normalized spacial score (nSPS) is 18.1. The summed E-state index contributed by atoms with van der Waals surface area (Å²) in [6.07, 6.45) is 3.37. The van der Waals surface area contributed by atoms with Crippen LogP contribution < -0.4 is 10.6 Å². The number of hydrogen-bond donors (Lipinski definition) is 1. The van der Waals surface area contributed by atoms with Crippen LogP contribution in [0.1, 0.15) is 37.0 Å². The molecule has 0 radical (unpaired) electrons. The number of nitrogens with zero attached hydrogens (tertiary/aromatic N) is 1. The molecule has 0 aromatic heterocycles. The Morgan fingerprint density at radius 3 is 2.21 bits per heavy atom. The summed E-state index contributed by atoms with van der Waals surface area (Å²) >= 11 is 6.87. The number of halogens is 1. The third-order valence-corrected chi connectivity index (χ3v) is 6.33. The molecule has 148 valence electrons. The standard InChI is InChI=1S/C25H26ClN2P/c1-3-24-27-18(2)17-28(24)25(19-9-5-4-6-10-19,20-13-15-21(29)16-14-20)22-11-7-8-12-23(22)26/h4-17,24,27H,3,29H2,1-2H3. The minimum absolute atomic E-state index is 0.169. The SMILES string of the molecule is CCC1NC(C)=CN1C(c1ccccc1)(c1ccc(P)cc1)c1ccccc1Cl. The van der Waals surface area contributed by atoms with E-state index in [2.05, 4.69) is 106 Å². The predicted molar refractivity (Wildman–Crippen MR) is 126 cm³/mol. The first-order chi connectivity index (χ1) is 14.1. The Labute approximate surface area is 180 Å². The number of allylic oxidation sites excluding steroid dienone is 1. The molecule has 4 rings (SSSR count). The van der Waals surface area contributed by atoms with Gasteiger partial charge in [-0.05, 0) is 35.8 Å². The lowest BCUT2D eigenvalue weighted by molar-refractivity contribution is 0.164. The molecular weight excluding hydrogens is 395 g/mol. The Balaban J connectivity index is 2.11. The van der Waals surface area contributed by atoms with Crippen LogP contribution in [0.25, 0.3) is 0 Å². The van der Waals surface area contributed by atoms with Gasteiger partial charge < -0.3 is 10.2 Å².